The van der Waals surface area contributed by atoms with Crippen molar-refractivity contribution < 1.29 is 13.9 Å². The molecule has 1 aromatic rings. The maximum atomic E-state index is 11.8. The lowest BCUT2D eigenvalue weighted by atomic mass is 9.90. The zero-order valence-corrected chi connectivity index (χ0v) is 12.7. The maximum absolute atomic E-state index is 11.8. The summed E-state index contributed by atoms with van der Waals surface area (Å²) in [7, 11) is 1.35. The van der Waals surface area contributed by atoms with E-state index in [1.54, 1.807) is 0 Å². The number of methoxy groups -OCH3 is 1. The van der Waals surface area contributed by atoms with Crippen LogP contribution in [0.15, 0.2) is 4.42 Å². The number of carbonyl (C=O) groups is 1. The molecule has 0 radical (unpaired) electrons. The van der Waals surface area contributed by atoms with E-state index in [-0.39, 0.29) is 11.3 Å². The molecule has 0 amide bonds. The Kier molecular flexibility index (Phi) is 4.67. The average molecular weight is 324 g/mol. The summed E-state index contributed by atoms with van der Waals surface area (Å²) < 4.78 is 10.5. The Balaban J connectivity index is 3.46. The Morgan fingerprint density at radius 1 is 1.47 bits per heavy atom. The van der Waals surface area contributed by atoms with E-state index in [0.29, 0.717) is 16.7 Å². The molecule has 0 fully saturated rings. The summed E-state index contributed by atoms with van der Waals surface area (Å²) in [4.78, 5) is 11.8. The van der Waals surface area contributed by atoms with Crippen molar-refractivity contribution in [3.05, 3.63) is 22.6 Å². The predicted molar refractivity (Wildman–Crippen MR) is 70.9 cm³/mol. The van der Waals surface area contributed by atoms with E-state index in [4.69, 9.17) is 20.8 Å². The standard InChI is InChI=1S/C12H16BrClO3/c1-12(2,3)10-7(6-14)9(11(15)16-4)8(5-13)17-10/h5-6H2,1-4H3. The van der Waals surface area contributed by atoms with Gasteiger partial charge in [-0.3, -0.25) is 0 Å². The van der Waals surface area contributed by atoms with Gasteiger partial charge in [0.1, 0.15) is 17.1 Å². The molecular formula is C12H16BrClO3. The van der Waals surface area contributed by atoms with Gasteiger partial charge in [0.2, 0.25) is 0 Å². The van der Waals surface area contributed by atoms with Crippen LogP contribution in [0, 0.1) is 0 Å². The van der Waals surface area contributed by atoms with E-state index >= 15 is 0 Å². The molecule has 0 aliphatic heterocycles. The van der Waals surface area contributed by atoms with Crippen molar-refractivity contribution in [2.75, 3.05) is 7.11 Å². The van der Waals surface area contributed by atoms with Crippen LogP contribution < -0.4 is 0 Å². The van der Waals surface area contributed by atoms with Crippen LogP contribution in [-0.2, 0) is 21.4 Å². The molecule has 0 atom stereocenters. The van der Waals surface area contributed by atoms with Crippen molar-refractivity contribution in [1.82, 2.24) is 0 Å². The summed E-state index contributed by atoms with van der Waals surface area (Å²) in [6.07, 6.45) is 0. The van der Waals surface area contributed by atoms with Crippen LogP contribution in [0.1, 0.15) is 48.2 Å². The molecule has 0 aliphatic carbocycles. The Morgan fingerprint density at radius 3 is 2.41 bits per heavy atom. The molecule has 0 saturated carbocycles. The van der Waals surface area contributed by atoms with E-state index in [9.17, 15) is 4.79 Å². The molecule has 1 rings (SSSR count). The van der Waals surface area contributed by atoms with Crippen molar-refractivity contribution in [3.63, 3.8) is 0 Å². The number of carbonyl (C=O) groups excluding carboxylic acids is 1. The van der Waals surface area contributed by atoms with Crippen LogP contribution in [0.2, 0.25) is 0 Å². The molecule has 0 saturated heterocycles. The lowest BCUT2D eigenvalue weighted by Gasteiger charge is -2.16. The van der Waals surface area contributed by atoms with E-state index in [1.807, 2.05) is 20.8 Å². The number of rotatable bonds is 3. The number of hydrogen-bond acceptors (Lipinski definition) is 3. The van der Waals surface area contributed by atoms with Gasteiger partial charge < -0.3 is 9.15 Å². The van der Waals surface area contributed by atoms with Gasteiger partial charge in [-0.15, -0.1) is 11.6 Å². The van der Waals surface area contributed by atoms with Crippen molar-refractivity contribution in [2.24, 2.45) is 0 Å². The van der Waals surface area contributed by atoms with Gasteiger partial charge in [0, 0.05) is 11.0 Å². The smallest absolute Gasteiger partial charge is 0.341 e. The Bertz CT molecular complexity index is 418. The van der Waals surface area contributed by atoms with E-state index < -0.39 is 5.97 Å². The Hall–Kier alpha value is -0.480. The normalized spacial score (nSPS) is 11.6. The van der Waals surface area contributed by atoms with Crippen molar-refractivity contribution in [3.8, 4) is 0 Å². The molecule has 0 unspecified atom stereocenters. The second-order valence-electron chi connectivity index (χ2n) is 4.72. The fraction of sp³-hybridized carbons (Fsp3) is 0.583. The van der Waals surface area contributed by atoms with Crippen LogP contribution in [0.25, 0.3) is 0 Å². The first-order valence-electron chi connectivity index (χ1n) is 5.22. The van der Waals surface area contributed by atoms with Crippen LogP contribution >= 0.6 is 27.5 Å². The third-order valence-corrected chi connectivity index (χ3v) is 3.18. The molecule has 0 spiro atoms. The molecule has 5 heteroatoms. The van der Waals surface area contributed by atoms with Crippen molar-refractivity contribution >= 4 is 33.5 Å². The lowest BCUT2D eigenvalue weighted by molar-refractivity contribution is 0.0598. The van der Waals surface area contributed by atoms with Crippen LogP contribution in [0.3, 0.4) is 0 Å². The monoisotopic (exact) mass is 322 g/mol. The van der Waals surface area contributed by atoms with Crippen molar-refractivity contribution in [2.45, 2.75) is 37.4 Å². The number of ether oxygens (including phenoxy) is 1. The average Bonchev–Trinajstić information content (AvgIpc) is 2.65. The quantitative estimate of drug-likeness (QED) is 0.623. The van der Waals surface area contributed by atoms with Crippen LogP contribution in [-0.4, -0.2) is 13.1 Å². The van der Waals surface area contributed by atoms with Gasteiger partial charge in [0.25, 0.3) is 0 Å². The number of halogens is 2. The predicted octanol–water partition coefficient (Wildman–Crippen LogP) is 4.00. The van der Waals surface area contributed by atoms with Gasteiger partial charge in [-0.2, -0.15) is 0 Å². The summed E-state index contributed by atoms with van der Waals surface area (Å²) in [5.41, 5.74) is 0.970. The number of hydrogen-bond donors (Lipinski definition) is 0. The second kappa shape index (κ2) is 5.44. The molecule has 1 heterocycles. The molecule has 0 bridgehead atoms. The summed E-state index contributed by atoms with van der Waals surface area (Å²) in [6.45, 7) is 6.04. The Morgan fingerprint density at radius 2 is 2.06 bits per heavy atom. The highest BCUT2D eigenvalue weighted by molar-refractivity contribution is 9.08. The first-order chi connectivity index (χ1) is 7.86. The molecule has 0 N–H and O–H groups in total. The number of furan rings is 1. The highest BCUT2D eigenvalue weighted by Crippen LogP contribution is 2.34. The van der Waals surface area contributed by atoms with Gasteiger partial charge in [-0.25, -0.2) is 4.79 Å². The fourth-order valence-corrected chi connectivity index (χ4v) is 2.33. The van der Waals surface area contributed by atoms with E-state index in [1.165, 1.54) is 7.11 Å². The highest BCUT2D eigenvalue weighted by Gasteiger charge is 2.30. The molecule has 0 aliphatic rings. The van der Waals surface area contributed by atoms with Gasteiger partial charge in [0.05, 0.1) is 18.3 Å². The van der Waals surface area contributed by atoms with Crippen LogP contribution in [0.5, 0.6) is 0 Å². The molecule has 3 nitrogen and oxygen atoms in total. The maximum Gasteiger partial charge on any atom is 0.341 e. The van der Waals surface area contributed by atoms with Gasteiger partial charge in [0.15, 0.2) is 0 Å². The minimum atomic E-state index is -0.408. The number of esters is 1. The Labute approximate surface area is 115 Å². The van der Waals surface area contributed by atoms with E-state index in [0.717, 1.165) is 11.3 Å². The molecule has 1 aromatic heterocycles. The SMILES string of the molecule is COC(=O)c1c(CBr)oc(C(C)(C)C)c1CCl. The van der Waals surface area contributed by atoms with Gasteiger partial charge >= 0.3 is 5.97 Å². The lowest BCUT2D eigenvalue weighted by Crippen LogP contribution is -2.13. The minimum absolute atomic E-state index is 0.201. The zero-order chi connectivity index (χ0) is 13.2. The van der Waals surface area contributed by atoms with Gasteiger partial charge in [-0.05, 0) is 0 Å². The fourth-order valence-electron chi connectivity index (χ4n) is 1.68. The molecule has 17 heavy (non-hydrogen) atoms. The van der Waals surface area contributed by atoms with Gasteiger partial charge in [-0.1, -0.05) is 36.7 Å². The summed E-state index contributed by atoms with van der Waals surface area (Å²) in [6, 6.07) is 0. The largest absolute Gasteiger partial charge is 0.465 e. The highest BCUT2D eigenvalue weighted by atomic mass is 79.9. The molecule has 0 aromatic carbocycles. The first kappa shape index (κ1) is 14.6. The number of alkyl halides is 2. The molecular weight excluding hydrogens is 307 g/mol. The summed E-state index contributed by atoms with van der Waals surface area (Å²) in [5, 5.41) is 0.456. The summed E-state index contributed by atoms with van der Waals surface area (Å²) in [5.74, 6) is 1.13. The third kappa shape index (κ3) is 2.86. The first-order valence-corrected chi connectivity index (χ1v) is 6.87. The minimum Gasteiger partial charge on any atom is -0.465 e. The van der Waals surface area contributed by atoms with Crippen molar-refractivity contribution in [1.29, 1.82) is 0 Å². The van der Waals surface area contributed by atoms with E-state index in [2.05, 4.69) is 15.9 Å². The molecule has 96 valence electrons. The third-order valence-electron chi connectivity index (χ3n) is 2.41. The second-order valence-corrected chi connectivity index (χ2v) is 5.54. The topological polar surface area (TPSA) is 39.4 Å². The zero-order valence-electron chi connectivity index (χ0n) is 10.4. The summed E-state index contributed by atoms with van der Waals surface area (Å²) >= 11 is 9.24. The van der Waals surface area contributed by atoms with Crippen LogP contribution in [0.4, 0.5) is 0 Å².